The summed E-state index contributed by atoms with van der Waals surface area (Å²) in [6, 6.07) is 12.6. The SMILES string of the molecule is Cc1ccc(S(=O)(=O)N2CCc3noc(-c4ccc(Cl)cc4)c3C2)c(C)c1. The van der Waals surface area contributed by atoms with Gasteiger partial charge in [0.1, 0.15) is 0 Å². The van der Waals surface area contributed by atoms with Crippen molar-refractivity contribution in [3.05, 3.63) is 69.9 Å². The zero-order chi connectivity index (χ0) is 19.2. The maximum atomic E-state index is 13.2. The smallest absolute Gasteiger partial charge is 0.243 e. The standard InChI is InChI=1S/C20H19ClN2O3S/c1-13-3-8-19(14(2)11-13)27(24,25)23-10-9-18-17(12-23)20(26-22-18)15-4-6-16(21)7-5-15/h3-8,11H,9-10,12H2,1-2H3. The molecule has 2 heterocycles. The molecular formula is C20H19ClN2O3S. The molecule has 0 aliphatic carbocycles. The van der Waals surface area contributed by atoms with Crippen LogP contribution in [0.1, 0.15) is 22.4 Å². The number of nitrogens with zero attached hydrogens (tertiary/aromatic N) is 2. The number of aryl methyl sites for hydroxylation is 2. The Morgan fingerprint density at radius 3 is 2.56 bits per heavy atom. The van der Waals surface area contributed by atoms with E-state index in [1.807, 2.05) is 38.1 Å². The van der Waals surface area contributed by atoms with Gasteiger partial charge in [0.15, 0.2) is 5.76 Å². The van der Waals surface area contributed by atoms with Crippen LogP contribution in [0.15, 0.2) is 51.9 Å². The maximum Gasteiger partial charge on any atom is 0.243 e. The normalized spacial score (nSPS) is 14.9. The third kappa shape index (κ3) is 3.29. The Hall–Kier alpha value is -2.15. The van der Waals surface area contributed by atoms with Crippen LogP contribution >= 0.6 is 11.6 Å². The van der Waals surface area contributed by atoms with Crippen LogP contribution in [0.3, 0.4) is 0 Å². The summed E-state index contributed by atoms with van der Waals surface area (Å²) in [5, 5.41) is 4.78. The summed E-state index contributed by atoms with van der Waals surface area (Å²) in [6.07, 6.45) is 0.524. The third-order valence-electron chi connectivity index (χ3n) is 4.86. The molecule has 0 spiro atoms. The van der Waals surface area contributed by atoms with E-state index < -0.39 is 10.0 Å². The molecule has 0 fully saturated rings. The van der Waals surface area contributed by atoms with Gasteiger partial charge in [-0.2, -0.15) is 4.31 Å². The second kappa shape index (κ2) is 6.78. The summed E-state index contributed by atoms with van der Waals surface area (Å²) in [5.41, 5.74) is 4.25. The molecule has 0 N–H and O–H groups in total. The molecule has 0 unspecified atom stereocenters. The number of hydrogen-bond donors (Lipinski definition) is 0. The van der Waals surface area contributed by atoms with Gasteiger partial charge in [0.05, 0.1) is 10.6 Å². The molecule has 140 valence electrons. The molecular weight excluding hydrogens is 384 g/mol. The number of halogens is 1. The number of sulfonamides is 1. The van der Waals surface area contributed by atoms with E-state index in [2.05, 4.69) is 5.16 Å². The summed E-state index contributed by atoms with van der Waals surface area (Å²) >= 11 is 5.96. The summed E-state index contributed by atoms with van der Waals surface area (Å²) in [4.78, 5) is 0.348. The van der Waals surface area contributed by atoms with Gasteiger partial charge >= 0.3 is 0 Å². The first-order valence-corrected chi connectivity index (χ1v) is 10.5. The van der Waals surface area contributed by atoms with Gasteiger partial charge in [-0.3, -0.25) is 0 Å². The first-order chi connectivity index (χ1) is 12.9. The van der Waals surface area contributed by atoms with Crippen molar-refractivity contribution in [3.63, 3.8) is 0 Å². The fourth-order valence-electron chi connectivity index (χ4n) is 3.45. The zero-order valence-electron chi connectivity index (χ0n) is 15.1. The molecule has 0 radical (unpaired) electrons. The van der Waals surface area contributed by atoms with Gasteiger partial charge in [-0.05, 0) is 49.7 Å². The van der Waals surface area contributed by atoms with Crippen LogP contribution < -0.4 is 0 Å². The highest BCUT2D eigenvalue weighted by molar-refractivity contribution is 7.89. The molecule has 5 nitrogen and oxygen atoms in total. The summed E-state index contributed by atoms with van der Waals surface area (Å²) < 4.78 is 33.4. The molecule has 1 aromatic heterocycles. The highest BCUT2D eigenvalue weighted by Crippen LogP contribution is 2.33. The van der Waals surface area contributed by atoms with Crippen molar-refractivity contribution < 1.29 is 12.9 Å². The van der Waals surface area contributed by atoms with Crippen LogP contribution in [-0.2, 0) is 23.0 Å². The van der Waals surface area contributed by atoms with Crippen LogP contribution in [0, 0.1) is 13.8 Å². The lowest BCUT2D eigenvalue weighted by Gasteiger charge is -2.26. The lowest BCUT2D eigenvalue weighted by atomic mass is 10.0. The minimum Gasteiger partial charge on any atom is -0.356 e. The van der Waals surface area contributed by atoms with E-state index in [0.717, 1.165) is 27.9 Å². The Morgan fingerprint density at radius 2 is 1.85 bits per heavy atom. The van der Waals surface area contributed by atoms with Crippen LogP contribution in [0.2, 0.25) is 5.02 Å². The molecule has 7 heteroatoms. The fraction of sp³-hybridized carbons (Fsp3) is 0.250. The van der Waals surface area contributed by atoms with Gasteiger partial charge < -0.3 is 4.52 Å². The van der Waals surface area contributed by atoms with Gasteiger partial charge in [-0.15, -0.1) is 0 Å². The van der Waals surface area contributed by atoms with E-state index in [-0.39, 0.29) is 6.54 Å². The lowest BCUT2D eigenvalue weighted by Crippen LogP contribution is -2.36. The van der Waals surface area contributed by atoms with Crippen LogP contribution in [0.25, 0.3) is 11.3 Å². The van der Waals surface area contributed by atoms with Crippen molar-refractivity contribution in [3.8, 4) is 11.3 Å². The summed E-state index contributed by atoms with van der Waals surface area (Å²) in [7, 11) is -3.59. The molecule has 0 bridgehead atoms. The van der Waals surface area contributed by atoms with Crippen molar-refractivity contribution in [2.75, 3.05) is 6.54 Å². The van der Waals surface area contributed by atoms with Gasteiger partial charge in [-0.25, -0.2) is 8.42 Å². The largest absolute Gasteiger partial charge is 0.356 e. The second-order valence-corrected chi connectivity index (χ2v) is 9.14. The number of hydrogen-bond acceptors (Lipinski definition) is 4. The number of benzene rings is 2. The predicted octanol–water partition coefficient (Wildman–Crippen LogP) is 4.36. The monoisotopic (exact) mass is 402 g/mol. The van der Waals surface area contributed by atoms with Crippen molar-refractivity contribution >= 4 is 21.6 Å². The van der Waals surface area contributed by atoms with Gasteiger partial charge in [0, 0.05) is 35.7 Å². The van der Waals surface area contributed by atoms with E-state index in [9.17, 15) is 8.42 Å². The molecule has 1 aliphatic heterocycles. The van der Waals surface area contributed by atoms with Crippen LogP contribution in [0.5, 0.6) is 0 Å². The zero-order valence-corrected chi connectivity index (χ0v) is 16.6. The fourth-order valence-corrected chi connectivity index (χ4v) is 5.19. The van der Waals surface area contributed by atoms with Crippen LogP contribution in [-0.4, -0.2) is 24.4 Å². The van der Waals surface area contributed by atoms with Gasteiger partial charge in [0.2, 0.25) is 10.0 Å². The summed E-state index contributed by atoms with van der Waals surface area (Å²) in [6.45, 7) is 4.40. The maximum absolute atomic E-state index is 13.2. The molecule has 1 aliphatic rings. The minimum atomic E-state index is -3.59. The van der Waals surface area contributed by atoms with Crippen molar-refractivity contribution in [1.29, 1.82) is 0 Å². The Kier molecular flexibility index (Phi) is 4.58. The van der Waals surface area contributed by atoms with Crippen molar-refractivity contribution in [1.82, 2.24) is 9.46 Å². The lowest BCUT2D eigenvalue weighted by molar-refractivity contribution is 0.386. The number of aromatic nitrogens is 1. The quantitative estimate of drug-likeness (QED) is 0.653. The van der Waals surface area contributed by atoms with Crippen LogP contribution in [0.4, 0.5) is 0 Å². The van der Waals surface area contributed by atoms with Crippen molar-refractivity contribution in [2.24, 2.45) is 0 Å². The van der Waals surface area contributed by atoms with E-state index in [4.69, 9.17) is 16.1 Å². The van der Waals surface area contributed by atoms with E-state index >= 15 is 0 Å². The first-order valence-electron chi connectivity index (χ1n) is 8.67. The Balaban J connectivity index is 1.70. The average molecular weight is 403 g/mol. The molecule has 0 amide bonds. The number of fused-ring (bicyclic) bond motifs is 1. The topological polar surface area (TPSA) is 63.4 Å². The molecule has 3 aromatic rings. The summed E-state index contributed by atoms with van der Waals surface area (Å²) in [5.74, 6) is 0.599. The molecule has 0 saturated carbocycles. The Morgan fingerprint density at radius 1 is 1.11 bits per heavy atom. The number of rotatable bonds is 3. The predicted molar refractivity (Wildman–Crippen MR) is 104 cm³/mol. The van der Waals surface area contributed by atoms with E-state index in [1.165, 1.54) is 4.31 Å². The molecule has 2 aromatic carbocycles. The molecule has 4 rings (SSSR count). The second-order valence-electron chi connectivity index (χ2n) is 6.80. The highest BCUT2D eigenvalue weighted by atomic mass is 35.5. The Bertz CT molecular complexity index is 1100. The minimum absolute atomic E-state index is 0.243. The highest BCUT2D eigenvalue weighted by Gasteiger charge is 2.33. The van der Waals surface area contributed by atoms with E-state index in [0.29, 0.717) is 28.6 Å². The Labute approximate surface area is 163 Å². The van der Waals surface area contributed by atoms with Gasteiger partial charge in [-0.1, -0.05) is 34.5 Å². The molecule has 0 saturated heterocycles. The third-order valence-corrected chi connectivity index (χ3v) is 7.11. The van der Waals surface area contributed by atoms with Gasteiger partial charge in [0.25, 0.3) is 0 Å². The van der Waals surface area contributed by atoms with E-state index in [1.54, 1.807) is 18.2 Å². The molecule has 27 heavy (non-hydrogen) atoms. The molecule has 0 atom stereocenters. The van der Waals surface area contributed by atoms with Crippen molar-refractivity contribution in [2.45, 2.75) is 31.7 Å². The average Bonchev–Trinajstić information content (AvgIpc) is 3.05. The first kappa shape index (κ1) is 18.2.